The summed E-state index contributed by atoms with van der Waals surface area (Å²) >= 11 is 0. The summed E-state index contributed by atoms with van der Waals surface area (Å²) < 4.78 is 3.88. The minimum Gasteiger partial charge on any atom is -0.285 e. The Hall–Kier alpha value is -3.25. The topological polar surface area (TPSA) is 51.8 Å². The van der Waals surface area contributed by atoms with Crippen LogP contribution in [-0.4, -0.2) is 29.7 Å². The highest BCUT2D eigenvalue weighted by Gasteiger charge is 2.29. The molecule has 27 heavy (non-hydrogen) atoms. The maximum atomic E-state index is 4.58. The third-order valence-electron chi connectivity index (χ3n) is 5.19. The zero-order valence-corrected chi connectivity index (χ0v) is 15.1. The van der Waals surface area contributed by atoms with Crippen LogP contribution in [0.25, 0.3) is 11.4 Å². The van der Waals surface area contributed by atoms with E-state index in [1.807, 2.05) is 70.3 Å². The first-order chi connectivity index (χ1) is 13.3. The van der Waals surface area contributed by atoms with Gasteiger partial charge in [-0.05, 0) is 31.2 Å². The van der Waals surface area contributed by atoms with Crippen molar-refractivity contribution < 1.29 is 0 Å². The number of aromatic nitrogens is 5. The van der Waals surface area contributed by atoms with Crippen molar-refractivity contribution in [3.63, 3.8) is 0 Å². The van der Waals surface area contributed by atoms with Crippen LogP contribution in [0.15, 0.2) is 73.1 Å². The van der Waals surface area contributed by atoms with Crippen LogP contribution in [-0.2, 0) is 13.1 Å². The quantitative estimate of drug-likeness (QED) is 0.561. The molecule has 6 nitrogen and oxygen atoms in total. The smallest absolute Gasteiger partial charge is 0.100 e. The number of hydrogen-bond donors (Lipinski definition) is 0. The molecule has 2 aromatic carbocycles. The van der Waals surface area contributed by atoms with E-state index in [0.29, 0.717) is 0 Å². The molecule has 5 rings (SSSR count). The predicted octanol–water partition coefficient (Wildman–Crippen LogP) is 3.53. The van der Waals surface area contributed by atoms with Gasteiger partial charge in [0.15, 0.2) is 0 Å². The molecule has 0 radical (unpaired) electrons. The van der Waals surface area contributed by atoms with Crippen molar-refractivity contribution in [1.29, 1.82) is 0 Å². The van der Waals surface area contributed by atoms with Gasteiger partial charge >= 0.3 is 0 Å². The van der Waals surface area contributed by atoms with Crippen LogP contribution < -0.4 is 0 Å². The van der Waals surface area contributed by atoms with Crippen LogP contribution in [0.1, 0.15) is 29.9 Å². The molecule has 1 aliphatic rings. The Kier molecular flexibility index (Phi) is 3.83. The Labute approximate surface area is 157 Å². The van der Waals surface area contributed by atoms with E-state index in [4.69, 9.17) is 0 Å². The summed E-state index contributed by atoms with van der Waals surface area (Å²) in [5.74, 6) is 0. The van der Waals surface area contributed by atoms with Crippen LogP contribution >= 0.6 is 0 Å². The highest BCUT2D eigenvalue weighted by atomic mass is 15.4. The van der Waals surface area contributed by atoms with Crippen molar-refractivity contribution in [2.45, 2.75) is 26.1 Å². The van der Waals surface area contributed by atoms with Crippen molar-refractivity contribution in [3.8, 4) is 11.4 Å². The summed E-state index contributed by atoms with van der Waals surface area (Å²) in [6, 6.07) is 20.5. The van der Waals surface area contributed by atoms with Gasteiger partial charge in [0.1, 0.15) is 5.69 Å². The molecule has 1 aliphatic heterocycles. The second-order valence-electron chi connectivity index (χ2n) is 6.87. The van der Waals surface area contributed by atoms with E-state index in [1.165, 1.54) is 11.3 Å². The van der Waals surface area contributed by atoms with Crippen LogP contribution in [0.5, 0.6) is 0 Å². The Bertz CT molecular complexity index is 1050. The summed E-state index contributed by atoms with van der Waals surface area (Å²) in [5.41, 5.74) is 5.63. The van der Waals surface area contributed by atoms with Gasteiger partial charge in [-0.3, -0.25) is 4.90 Å². The largest absolute Gasteiger partial charge is 0.285 e. The van der Waals surface area contributed by atoms with Gasteiger partial charge < -0.3 is 0 Å². The SMILES string of the molecule is CC(c1cn(-c2ccccc2)nn1)N1Cc2cnn(-c3ccccc3)c2C1. The molecule has 0 bridgehead atoms. The average molecular weight is 356 g/mol. The predicted molar refractivity (Wildman–Crippen MR) is 103 cm³/mol. The number of rotatable bonds is 4. The second-order valence-corrected chi connectivity index (χ2v) is 6.87. The van der Waals surface area contributed by atoms with Crippen molar-refractivity contribution >= 4 is 0 Å². The van der Waals surface area contributed by atoms with Gasteiger partial charge in [0.2, 0.25) is 0 Å². The average Bonchev–Trinajstić information content (AvgIpc) is 3.44. The Morgan fingerprint density at radius 2 is 1.59 bits per heavy atom. The van der Waals surface area contributed by atoms with Crippen molar-refractivity contribution in [2.24, 2.45) is 0 Å². The fourth-order valence-electron chi connectivity index (χ4n) is 3.60. The van der Waals surface area contributed by atoms with Gasteiger partial charge in [0.05, 0.1) is 35.5 Å². The highest BCUT2D eigenvalue weighted by molar-refractivity contribution is 5.36. The zero-order valence-electron chi connectivity index (χ0n) is 15.1. The molecule has 0 saturated heterocycles. The minimum absolute atomic E-state index is 0.180. The van der Waals surface area contributed by atoms with Gasteiger partial charge in [-0.2, -0.15) is 5.10 Å². The second kappa shape index (κ2) is 6.48. The van der Waals surface area contributed by atoms with E-state index in [-0.39, 0.29) is 6.04 Å². The van der Waals surface area contributed by atoms with E-state index in [2.05, 4.69) is 39.4 Å². The molecule has 1 atom stereocenters. The lowest BCUT2D eigenvalue weighted by Gasteiger charge is -2.22. The molecule has 1 unspecified atom stereocenters. The summed E-state index contributed by atoms with van der Waals surface area (Å²) in [5, 5.41) is 13.3. The van der Waals surface area contributed by atoms with Crippen LogP contribution in [0.4, 0.5) is 0 Å². The minimum atomic E-state index is 0.180. The summed E-state index contributed by atoms with van der Waals surface area (Å²) in [6.07, 6.45) is 4.00. The van der Waals surface area contributed by atoms with E-state index >= 15 is 0 Å². The lowest BCUT2D eigenvalue weighted by Crippen LogP contribution is -2.22. The molecule has 0 aliphatic carbocycles. The summed E-state index contributed by atoms with van der Waals surface area (Å²) in [7, 11) is 0. The molecule has 0 fully saturated rings. The number of fused-ring (bicyclic) bond motifs is 1. The maximum absolute atomic E-state index is 4.58. The Morgan fingerprint density at radius 1 is 0.889 bits per heavy atom. The first-order valence-corrected chi connectivity index (χ1v) is 9.12. The standard InChI is InChI=1S/C21H20N6/c1-16(20-14-26(24-23-20)18-8-4-2-5-9-18)25-13-17-12-22-27(21(17)15-25)19-10-6-3-7-11-19/h2-12,14,16H,13,15H2,1H3. The number of para-hydroxylation sites is 2. The normalized spacial score (nSPS) is 15.0. The number of hydrogen-bond acceptors (Lipinski definition) is 4. The fourth-order valence-corrected chi connectivity index (χ4v) is 3.60. The maximum Gasteiger partial charge on any atom is 0.100 e. The molecule has 0 spiro atoms. The molecule has 134 valence electrons. The lowest BCUT2D eigenvalue weighted by molar-refractivity contribution is 0.207. The molecular weight excluding hydrogens is 336 g/mol. The van der Waals surface area contributed by atoms with Gasteiger partial charge in [0, 0.05) is 18.7 Å². The Balaban J connectivity index is 1.37. The van der Waals surface area contributed by atoms with E-state index < -0.39 is 0 Å². The molecule has 6 heteroatoms. The van der Waals surface area contributed by atoms with Crippen molar-refractivity contribution in [1.82, 2.24) is 29.7 Å². The monoisotopic (exact) mass is 356 g/mol. The van der Waals surface area contributed by atoms with Gasteiger partial charge in [-0.1, -0.05) is 41.6 Å². The summed E-state index contributed by atoms with van der Waals surface area (Å²) in [6.45, 7) is 3.91. The first-order valence-electron chi connectivity index (χ1n) is 9.12. The molecule has 0 amide bonds. The fraction of sp³-hybridized carbons (Fsp3) is 0.190. The third-order valence-corrected chi connectivity index (χ3v) is 5.19. The summed E-state index contributed by atoms with van der Waals surface area (Å²) in [4.78, 5) is 2.41. The van der Waals surface area contributed by atoms with Crippen LogP contribution in [0.2, 0.25) is 0 Å². The van der Waals surface area contributed by atoms with Gasteiger partial charge in [0.25, 0.3) is 0 Å². The van der Waals surface area contributed by atoms with Gasteiger partial charge in [-0.25, -0.2) is 9.36 Å². The third kappa shape index (κ3) is 2.84. The van der Waals surface area contributed by atoms with Crippen LogP contribution in [0.3, 0.4) is 0 Å². The number of nitrogens with zero attached hydrogens (tertiary/aromatic N) is 6. The van der Waals surface area contributed by atoms with E-state index in [1.54, 1.807) is 0 Å². The van der Waals surface area contributed by atoms with E-state index in [9.17, 15) is 0 Å². The highest BCUT2D eigenvalue weighted by Crippen LogP contribution is 2.31. The lowest BCUT2D eigenvalue weighted by atomic mass is 10.2. The van der Waals surface area contributed by atoms with Crippen LogP contribution in [0, 0.1) is 0 Å². The first kappa shape index (κ1) is 16.0. The molecule has 0 saturated carbocycles. The van der Waals surface area contributed by atoms with Gasteiger partial charge in [-0.15, -0.1) is 5.10 Å². The molecule has 3 heterocycles. The van der Waals surface area contributed by atoms with Crippen molar-refractivity contribution in [3.05, 3.63) is 90.0 Å². The Morgan fingerprint density at radius 3 is 2.33 bits per heavy atom. The molecular formula is C21H20N6. The number of benzene rings is 2. The molecule has 2 aromatic heterocycles. The zero-order chi connectivity index (χ0) is 18.2. The van der Waals surface area contributed by atoms with E-state index in [0.717, 1.165) is 30.2 Å². The molecule has 0 N–H and O–H groups in total. The molecule has 4 aromatic rings. The van der Waals surface area contributed by atoms with Crippen molar-refractivity contribution in [2.75, 3.05) is 0 Å².